The summed E-state index contributed by atoms with van der Waals surface area (Å²) in [6, 6.07) is 22.3. The van der Waals surface area contributed by atoms with Gasteiger partial charge in [0.05, 0.1) is 10.6 Å². The van der Waals surface area contributed by atoms with Gasteiger partial charge in [-0.05, 0) is 12.1 Å². The number of ketones is 1. The molecule has 0 bridgehead atoms. The van der Waals surface area contributed by atoms with E-state index in [1.54, 1.807) is 60.7 Å². The summed E-state index contributed by atoms with van der Waals surface area (Å²) in [6.45, 7) is 0. The number of Topliss-reactive ketones (excluding diaryl/α,β-unsaturated/α-hetero) is 1. The first-order valence-corrected chi connectivity index (χ1v) is 8.31. The van der Waals surface area contributed by atoms with Crippen LogP contribution in [-0.2, 0) is 0 Å². The molecule has 0 radical (unpaired) electrons. The summed E-state index contributed by atoms with van der Waals surface area (Å²) < 4.78 is 0. The van der Waals surface area contributed by atoms with Crippen LogP contribution in [0.4, 0.5) is 11.4 Å². The molecule has 0 aliphatic carbocycles. The third-order valence-corrected chi connectivity index (χ3v) is 3.85. The summed E-state index contributed by atoms with van der Waals surface area (Å²) >= 11 is 0. The topological polar surface area (TPSA) is 105 Å². The van der Waals surface area contributed by atoms with E-state index in [0.717, 1.165) is 0 Å². The molecule has 28 heavy (non-hydrogen) atoms. The molecule has 0 aliphatic heterocycles. The molecule has 0 heterocycles. The van der Waals surface area contributed by atoms with Crippen molar-refractivity contribution < 1.29 is 14.8 Å². The van der Waals surface area contributed by atoms with Gasteiger partial charge in [-0.2, -0.15) is 5.11 Å². The number of nitrogens with zero attached hydrogens (tertiary/aromatic N) is 3. The number of rotatable bonds is 6. The van der Waals surface area contributed by atoms with Gasteiger partial charge in [-0.1, -0.05) is 60.7 Å². The first-order chi connectivity index (χ1) is 13.6. The van der Waals surface area contributed by atoms with Gasteiger partial charge in [-0.25, -0.2) is 0 Å². The number of hydrogen-bond acceptors (Lipinski definition) is 6. The Balaban J connectivity index is 2.01. The Morgan fingerprint density at radius 3 is 1.89 bits per heavy atom. The van der Waals surface area contributed by atoms with Gasteiger partial charge in [0.1, 0.15) is 0 Å². The largest absolute Gasteiger partial charge is 0.505 e. The zero-order valence-electron chi connectivity index (χ0n) is 14.6. The highest BCUT2D eigenvalue weighted by atomic mass is 16.6. The summed E-state index contributed by atoms with van der Waals surface area (Å²) in [4.78, 5) is 23.1. The molecule has 0 amide bonds. The molecule has 0 aliphatic rings. The molecule has 7 heteroatoms. The lowest BCUT2D eigenvalue weighted by atomic mass is 10.1. The van der Waals surface area contributed by atoms with Crippen LogP contribution in [0.15, 0.2) is 101 Å². The number of carbonyl (C=O) groups is 1. The minimum Gasteiger partial charge on any atom is -0.505 e. The van der Waals surface area contributed by atoms with Crippen molar-refractivity contribution in [2.45, 2.75) is 0 Å². The molecule has 0 aromatic heterocycles. The van der Waals surface area contributed by atoms with E-state index in [0.29, 0.717) is 16.8 Å². The van der Waals surface area contributed by atoms with Gasteiger partial charge in [-0.3, -0.25) is 14.9 Å². The van der Waals surface area contributed by atoms with E-state index in [-0.39, 0.29) is 17.1 Å². The Morgan fingerprint density at radius 1 is 0.821 bits per heavy atom. The zero-order valence-corrected chi connectivity index (χ0v) is 14.6. The quantitative estimate of drug-likeness (QED) is 0.154. The van der Waals surface area contributed by atoms with Crippen LogP contribution in [0.2, 0.25) is 0 Å². The van der Waals surface area contributed by atoms with Crippen molar-refractivity contribution in [3.63, 3.8) is 0 Å². The average molecular weight is 373 g/mol. The fourth-order valence-electron chi connectivity index (χ4n) is 2.41. The van der Waals surface area contributed by atoms with Crippen molar-refractivity contribution in [1.82, 2.24) is 0 Å². The number of aliphatic hydroxyl groups is 1. The number of hydrogen-bond donors (Lipinski definition) is 1. The van der Waals surface area contributed by atoms with E-state index in [1.165, 1.54) is 24.3 Å². The van der Waals surface area contributed by atoms with Crippen molar-refractivity contribution in [3.05, 3.63) is 112 Å². The van der Waals surface area contributed by atoms with Gasteiger partial charge in [-0.15, -0.1) is 5.11 Å². The van der Waals surface area contributed by atoms with Crippen LogP contribution in [0.1, 0.15) is 15.9 Å². The summed E-state index contributed by atoms with van der Waals surface area (Å²) in [6.07, 6.45) is 0. The SMILES string of the molecule is O=C(/C(N=Nc1ccc([N+](=O)[O-])cc1)=C(/O)c1ccccc1)c1ccccc1. The van der Waals surface area contributed by atoms with E-state index in [4.69, 9.17) is 0 Å². The number of benzene rings is 3. The highest BCUT2D eigenvalue weighted by Crippen LogP contribution is 2.24. The molecular formula is C21H15N3O4. The van der Waals surface area contributed by atoms with Crippen LogP contribution >= 0.6 is 0 Å². The predicted octanol–water partition coefficient (Wildman–Crippen LogP) is 5.49. The van der Waals surface area contributed by atoms with Gasteiger partial charge < -0.3 is 5.11 Å². The Hall–Kier alpha value is -4.13. The van der Waals surface area contributed by atoms with Crippen molar-refractivity contribution in [3.8, 4) is 0 Å². The summed E-state index contributed by atoms with van der Waals surface area (Å²) in [5, 5.41) is 29.3. The number of nitro groups is 1. The maximum atomic E-state index is 12.9. The molecule has 7 nitrogen and oxygen atoms in total. The van der Waals surface area contributed by atoms with Crippen LogP contribution < -0.4 is 0 Å². The van der Waals surface area contributed by atoms with E-state index in [2.05, 4.69) is 10.2 Å². The molecule has 0 atom stereocenters. The minimum atomic E-state index is -0.521. The van der Waals surface area contributed by atoms with Gasteiger partial charge >= 0.3 is 0 Å². The number of nitro benzene ring substituents is 1. The Labute approximate surface area is 160 Å². The van der Waals surface area contributed by atoms with Crippen LogP contribution in [-0.4, -0.2) is 15.8 Å². The maximum absolute atomic E-state index is 12.9. The van der Waals surface area contributed by atoms with Crippen molar-refractivity contribution >= 4 is 22.9 Å². The normalized spacial score (nSPS) is 11.9. The monoisotopic (exact) mass is 373 g/mol. The van der Waals surface area contributed by atoms with E-state index in [1.807, 2.05) is 0 Å². The zero-order chi connectivity index (χ0) is 19.9. The molecule has 1 N–H and O–H groups in total. The Bertz CT molecular complexity index is 1040. The minimum absolute atomic E-state index is 0.0813. The fraction of sp³-hybridized carbons (Fsp3) is 0. The number of allylic oxidation sites excluding steroid dienone is 1. The van der Waals surface area contributed by atoms with Crippen LogP contribution in [0.5, 0.6) is 0 Å². The Kier molecular flexibility index (Phi) is 5.66. The average Bonchev–Trinajstić information content (AvgIpc) is 2.75. The third-order valence-electron chi connectivity index (χ3n) is 3.85. The molecular weight excluding hydrogens is 358 g/mol. The molecule has 3 aromatic rings. The smallest absolute Gasteiger partial charge is 0.269 e. The highest BCUT2D eigenvalue weighted by Gasteiger charge is 2.18. The van der Waals surface area contributed by atoms with Crippen molar-refractivity contribution in [2.75, 3.05) is 0 Å². The molecule has 0 saturated heterocycles. The van der Waals surface area contributed by atoms with Gasteiger partial charge in [0, 0.05) is 23.3 Å². The fourth-order valence-corrected chi connectivity index (χ4v) is 2.41. The Morgan fingerprint density at radius 2 is 1.36 bits per heavy atom. The maximum Gasteiger partial charge on any atom is 0.269 e. The van der Waals surface area contributed by atoms with E-state index >= 15 is 0 Å². The van der Waals surface area contributed by atoms with Gasteiger partial charge in [0.15, 0.2) is 11.5 Å². The lowest BCUT2D eigenvalue weighted by molar-refractivity contribution is -0.384. The molecule has 0 unspecified atom stereocenters. The summed E-state index contributed by atoms with van der Waals surface area (Å²) in [5.41, 5.74) is 0.773. The van der Waals surface area contributed by atoms with Crippen LogP contribution in [0.3, 0.4) is 0 Å². The summed E-state index contributed by atoms with van der Waals surface area (Å²) in [7, 11) is 0. The van der Waals surface area contributed by atoms with Crippen molar-refractivity contribution in [2.24, 2.45) is 10.2 Å². The van der Waals surface area contributed by atoms with Gasteiger partial charge in [0.2, 0.25) is 5.78 Å². The molecule has 138 valence electrons. The standard InChI is InChI=1S/C21H15N3O4/c25-20(15-7-3-1-4-8-15)19(21(26)16-9-5-2-6-10-16)23-22-17-11-13-18(14-12-17)24(27)28/h1-14,25H/b20-19-,23-22?. The van der Waals surface area contributed by atoms with Gasteiger partial charge in [0.25, 0.3) is 5.69 Å². The van der Waals surface area contributed by atoms with E-state index < -0.39 is 10.7 Å². The van der Waals surface area contributed by atoms with Crippen LogP contribution in [0.25, 0.3) is 5.76 Å². The first kappa shape index (κ1) is 18.7. The number of aliphatic hydroxyl groups excluding tert-OH is 1. The van der Waals surface area contributed by atoms with Crippen molar-refractivity contribution in [1.29, 1.82) is 0 Å². The molecule has 0 spiro atoms. The lowest BCUT2D eigenvalue weighted by Crippen LogP contribution is -2.04. The number of non-ortho nitro benzene ring substituents is 1. The first-order valence-electron chi connectivity index (χ1n) is 8.31. The lowest BCUT2D eigenvalue weighted by Gasteiger charge is -2.06. The second-order valence-electron chi connectivity index (χ2n) is 5.73. The number of azo groups is 1. The summed E-state index contributed by atoms with van der Waals surface area (Å²) in [5.74, 6) is -0.798. The number of carbonyl (C=O) groups excluding carboxylic acids is 1. The van der Waals surface area contributed by atoms with Crippen LogP contribution in [0, 0.1) is 10.1 Å². The molecule has 0 saturated carbocycles. The molecule has 0 fully saturated rings. The second-order valence-corrected chi connectivity index (χ2v) is 5.73. The second kappa shape index (κ2) is 8.50. The van der Waals surface area contributed by atoms with E-state index in [9.17, 15) is 20.0 Å². The molecule has 3 aromatic carbocycles. The molecule has 3 rings (SSSR count). The highest BCUT2D eigenvalue weighted by molar-refractivity contribution is 6.12. The third kappa shape index (κ3) is 4.34. The predicted molar refractivity (Wildman–Crippen MR) is 104 cm³/mol.